The minimum absolute atomic E-state index is 0.0102. The fraction of sp³-hybridized carbons (Fsp3) is 0.333. The smallest absolute Gasteiger partial charge is 0.274 e. The Kier molecular flexibility index (Phi) is 5.69. The van der Waals surface area contributed by atoms with Gasteiger partial charge in [-0.05, 0) is 42.8 Å². The van der Waals surface area contributed by atoms with Crippen LogP contribution in [0.25, 0.3) is 10.2 Å². The van der Waals surface area contributed by atoms with Gasteiger partial charge in [0.2, 0.25) is 0 Å². The van der Waals surface area contributed by atoms with Gasteiger partial charge in [0.1, 0.15) is 11.9 Å². The molecule has 7 heteroatoms. The Balaban J connectivity index is 1.27. The number of fused-ring (bicyclic) bond motifs is 1. The van der Waals surface area contributed by atoms with Gasteiger partial charge in [-0.1, -0.05) is 35.1 Å². The first-order valence-corrected chi connectivity index (χ1v) is 10.5. The fourth-order valence-corrected chi connectivity index (χ4v) is 4.33. The van der Waals surface area contributed by atoms with Gasteiger partial charge in [-0.25, -0.2) is 4.98 Å². The first-order valence-electron chi connectivity index (χ1n) is 9.27. The Bertz CT molecular complexity index is 965. The molecule has 0 bridgehead atoms. The van der Waals surface area contributed by atoms with E-state index in [4.69, 9.17) is 21.1 Å². The molecule has 0 unspecified atom stereocenters. The Morgan fingerprint density at radius 2 is 1.96 bits per heavy atom. The molecule has 1 fully saturated rings. The van der Waals surface area contributed by atoms with Crippen molar-refractivity contribution < 1.29 is 14.3 Å². The zero-order valence-corrected chi connectivity index (χ0v) is 17.1. The van der Waals surface area contributed by atoms with Crippen LogP contribution in [0, 0.1) is 6.92 Å². The van der Waals surface area contributed by atoms with E-state index in [2.05, 4.69) is 24.0 Å². The minimum Gasteiger partial charge on any atom is -0.484 e. The number of carbonyl (C=O) groups excluding carboxylic acids is 1. The van der Waals surface area contributed by atoms with Gasteiger partial charge in [-0.15, -0.1) is 0 Å². The molecule has 1 aliphatic rings. The molecular weight excluding hydrogens is 396 g/mol. The Labute approximate surface area is 172 Å². The van der Waals surface area contributed by atoms with Crippen molar-refractivity contribution in [1.82, 2.24) is 9.88 Å². The zero-order chi connectivity index (χ0) is 19.5. The van der Waals surface area contributed by atoms with E-state index in [1.807, 2.05) is 11.0 Å². The highest BCUT2D eigenvalue weighted by Crippen LogP contribution is 2.31. The number of amides is 1. The molecule has 0 spiro atoms. The fourth-order valence-electron chi connectivity index (χ4n) is 3.25. The SMILES string of the molecule is Cc1cccc2sc(OC3CCN(C(=O)COc4ccc(Cl)cc4)CC3)nc12. The monoisotopic (exact) mass is 416 g/mol. The Hall–Kier alpha value is -2.31. The number of nitrogens with zero attached hydrogens (tertiary/aromatic N) is 2. The van der Waals surface area contributed by atoms with Gasteiger partial charge in [0.05, 0.1) is 10.2 Å². The number of benzene rings is 2. The van der Waals surface area contributed by atoms with Crippen LogP contribution in [-0.2, 0) is 4.79 Å². The van der Waals surface area contributed by atoms with Crippen molar-refractivity contribution in [3.63, 3.8) is 0 Å². The normalized spacial score (nSPS) is 15.0. The van der Waals surface area contributed by atoms with Gasteiger partial charge in [-0.3, -0.25) is 4.79 Å². The predicted molar refractivity (Wildman–Crippen MR) is 112 cm³/mol. The number of para-hydroxylation sites is 1. The number of hydrogen-bond acceptors (Lipinski definition) is 5. The van der Waals surface area contributed by atoms with Crippen LogP contribution in [-0.4, -0.2) is 41.6 Å². The Morgan fingerprint density at radius 3 is 2.68 bits per heavy atom. The summed E-state index contributed by atoms with van der Waals surface area (Å²) in [4.78, 5) is 18.8. The van der Waals surface area contributed by atoms with Gasteiger partial charge >= 0.3 is 0 Å². The average Bonchev–Trinajstić information content (AvgIpc) is 3.12. The maximum absolute atomic E-state index is 12.4. The van der Waals surface area contributed by atoms with Crippen molar-refractivity contribution in [1.29, 1.82) is 0 Å². The van der Waals surface area contributed by atoms with Crippen LogP contribution in [0.1, 0.15) is 18.4 Å². The summed E-state index contributed by atoms with van der Waals surface area (Å²) in [5.74, 6) is 0.631. The molecule has 1 amide bonds. The molecule has 3 aromatic rings. The molecule has 0 saturated carbocycles. The van der Waals surface area contributed by atoms with Gasteiger partial charge < -0.3 is 14.4 Å². The van der Waals surface area contributed by atoms with E-state index in [0.717, 1.165) is 28.6 Å². The van der Waals surface area contributed by atoms with E-state index in [0.29, 0.717) is 29.1 Å². The molecule has 5 nitrogen and oxygen atoms in total. The van der Waals surface area contributed by atoms with Crippen molar-refractivity contribution in [2.45, 2.75) is 25.9 Å². The van der Waals surface area contributed by atoms with Crippen LogP contribution in [0.3, 0.4) is 0 Å². The number of ether oxygens (including phenoxy) is 2. The molecule has 2 aromatic carbocycles. The van der Waals surface area contributed by atoms with Crippen molar-refractivity contribution in [2.75, 3.05) is 19.7 Å². The number of piperidine rings is 1. The third-order valence-corrected chi connectivity index (χ3v) is 6.00. The van der Waals surface area contributed by atoms with Crippen LogP contribution in [0.5, 0.6) is 10.9 Å². The number of thiazole rings is 1. The molecule has 0 radical (unpaired) electrons. The predicted octanol–water partition coefficient (Wildman–Crippen LogP) is 4.71. The summed E-state index contributed by atoms with van der Waals surface area (Å²) < 4.78 is 12.8. The highest BCUT2D eigenvalue weighted by Gasteiger charge is 2.25. The lowest BCUT2D eigenvalue weighted by molar-refractivity contribution is -0.135. The number of hydrogen-bond donors (Lipinski definition) is 0. The summed E-state index contributed by atoms with van der Waals surface area (Å²) in [5, 5.41) is 1.35. The molecule has 1 saturated heterocycles. The molecule has 28 heavy (non-hydrogen) atoms. The van der Waals surface area contributed by atoms with Crippen LogP contribution >= 0.6 is 22.9 Å². The first-order chi connectivity index (χ1) is 13.6. The third kappa shape index (κ3) is 4.39. The Morgan fingerprint density at radius 1 is 1.21 bits per heavy atom. The summed E-state index contributed by atoms with van der Waals surface area (Å²) in [7, 11) is 0. The molecule has 0 atom stereocenters. The molecule has 1 aliphatic heterocycles. The standard InChI is InChI=1S/C21H21ClN2O3S/c1-14-3-2-4-18-20(14)23-21(28-18)27-17-9-11-24(12-10-17)19(25)13-26-16-7-5-15(22)6-8-16/h2-8,17H,9-13H2,1H3. The number of rotatable bonds is 5. The second kappa shape index (κ2) is 8.37. The number of carbonyl (C=O) groups is 1. The highest BCUT2D eigenvalue weighted by molar-refractivity contribution is 7.20. The quantitative estimate of drug-likeness (QED) is 0.604. The second-order valence-electron chi connectivity index (χ2n) is 6.84. The molecule has 1 aromatic heterocycles. The largest absolute Gasteiger partial charge is 0.484 e. The van der Waals surface area contributed by atoms with Crippen molar-refractivity contribution in [3.8, 4) is 10.9 Å². The maximum atomic E-state index is 12.4. The number of halogens is 1. The van der Waals surface area contributed by atoms with E-state index in [1.54, 1.807) is 35.6 Å². The maximum Gasteiger partial charge on any atom is 0.274 e. The van der Waals surface area contributed by atoms with Crippen LogP contribution in [0.2, 0.25) is 5.02 Å². The molecule has 4 rings (SSSR count). The van der Waals surface area contributed by atoms with Crippen LogP contribution in [0.15, 0.2) is 42.5 Å². The van der Waals surface area contributed by atoms with E-state index in [1.165, 1.54) is 0 Å². The molecule has 0 aliphatic carbocycles. The molecule has 146 valence electrons. The molecule has 2 heterocycles. The lowest BCUT2D eigenvalue weighted by Gasteiger charge is -2.31. The lowest BCUT2D eigenvalue weighted by Crippen LogP contribution is -2.43. The van der Waals surface area contributed by atoms with Gasteiger partial charge in [0.15, 0.2) is 6.61 Å². The van der Waals surface area contributed by atoms with E-state index >= 15 is 0 Å². The second-order valence-corrected chi connectivity index (χ2v) is 8.27. The van der Waals surface area contributed by atoms with Crippen molar-refractivity contribution in [2.24, 2.45) is 0 Å². The van der Waals surface area contributed by atoms with Crippen LogP contribution < -0.4 is 9.47 Å². The summed E-state index contributed by atoms with van der Waals surface area (Å²) in [6.07, 6.45) is 1.67. The van der Waals surface area contributed by atoms with E-state index in [-0.39, 0.29) is 18.6 Å². The van der Waals surface area contributed by atoms with Gasteiger partial charge in [0.25, 0.3) is 11.1 Å². The number of likely N-dealkylation sites (tertiary alicyclic amines) is 1. The third-order valence-electron chi connectivity index (χ3n) is 4.84. The highest BCUT2D eigenvalue weighted by atomic mass is 35.5. The zero-order valence-electron chi connectivity index (χ0n) is 15.6. The molecular formula is C21H21ClN2O3S. The van der Waals surface area contributed by atoms with Crippen LogP contribution in [0.4, 0.5) is 0 Å². The minimum atomic E-state index is -0.0102. The summed E-state index contributed by atoms with van der Waals surface area (Å²) in [6, 6.07) is 13.2. The number of aryl methyl sites for hydroxylation is 1. The van der Waals surface area contributed by atoms with E-state index < -0.39 is 0 Å². The van der Waals surface area contributed by atoms with Crippen molar-refractivity contribution >= 4 is 39.1 Å². The summed E-state index contributed by atoms with van der Waals surface area (Å²) in [6.45, 7) is 3.42. The van der Waals surface area contributed by atoms with Crippen molar-refractivity contribution in [3.05, 3.63) is 53.1 Å². The average molecular weight is 417 g/mol. The molecule has 0 N–H and O–H groups in total. The lowest BCUT2D eigenvalue weighted by atomic mass is 10.1. The summed E-state index contributed by atoms with van der Waals surface area (Å²) >= 11 is 7.43. The van der Waals surface area contributed by atoms with Gasteiger partial charge in [0, 0.05) is 31.0 Å². The van der Waals surface area contributed by atoms with Gasteiger partial charge in [-0.2, -0.15) is 0 Å². The summed E-state index contributed by atoms with van der Waals surface area (Å²) in [5.41, 5.74) is 2.17. The number of aromatic nitrogens is 1. The van der Waals surface area contributed by atoms with E-state index in [9.17, 15) is 4.79 Å². The topological polar surface area (TPSA) is 51.7 Å². The first kappa shape index (κ1) is 19.0.